The van der Waals surface area contributed by atoms with Crippen LogP contribution in [0.15, 0.2) is 23.4 Å². The number of nitrogens with zero attached hydrogens (tertiary/aromatic N) is 1. The molecule has 18 heavy (non-hydrogen) atoms. The fourth-order valence-corrected chi connectivity index (χ4v) is 1.39. The van der Waals surface area contributed by atoms with Gasteiger partial charge in [-0.05, 0) is 18.2 Å². The molecule has 0 aliphatic carbocycles. The summed E-state index contributed by atoms with van der Waals surface area (Å²) in [6, 6.07) is 4.04. The van der Waals surface area contributed by atoms with Crippen LogP contribution in [0.1, 0.15) is 5.56 Å². The highest BCUT2D eigenvalue weighted by molar-refractivity contribution is 6.36. The van der Waals surface area contributed by atoms with Crippen LogP contribution in [0.25, 0.3) is 0 Å². The molecule has 0 unspecified atom stereocenters. The third-order valence-electron chi connectivity index (χ3n) is 1.67. The van der Waals surface area contributed by atoms with Gasteiger partial charge in [0.1, 0.15) is 0 Å². The molecule has 1 aromatic carbocycles. The molecule has 0 aliphatic heterocycles. The molecule has 0 radical (unpaired) electrons. The Morgan fingerprint density at radius 2 is 1.94 bits per heavy atom. The lowest BCUT2D eigenvalue weighted by Crippen LogP contribution is -2.25. The molecule has 0 fully saturated rings. The van der Waals surface area contributed by atoms with E-state index < -0.39 is 18.0 Å². The van der Waals surface area contributed by atoms with Crippen LogP contribution in [0.2, 0.25) is 10.0 Å². The van der Waals surface area contributed by atoms with E-state index in [0.717, 1.165) is 0 Å². The molecule has 9 heteroatoms. The zero-order valence-corrected chi connectivity index (χ0v) is 9.97. The lowest BCUT2D eigenvalue weighted by Gasteiger charge is -2.05. The summed E-state index contributed by atoms with van der Waals surface area (Å²) in [7, 11) is 0. The van der Waals surface area contributed by atoms with E-state index in [-0.39, 0.29) is 10.6 Å². The molecule has 98 valence electrons. The molecule has 0 saturated carbocycles. The van der Waals surface area contributed by atoms with Crippen molar-refractivity contribution in [2.24, 2.45) is 10.9 Å². The molecule has 0 atom stereocenters. The summed E-state index contributed by atoms with van der Waals surface area (Å²) in [4.78, 5) is 14.0. The first-order valence-corrected chi connectivity index (χ1v) is 5.04. The lowest BCUT2D eigenvalue weighted by atomic mass is 10.2. The maximum absolute atomic E-state index is 11.8. The topological polar surface area (TPSA) is 64.7 Å². The number of alkyl halides is 3. The lowest BCUT2D eigenvalue weighted by molar-refractivity contribution is -0.199. The van der Waals surface area contributed by atoms with Crippen molar-refractivity contribution in [2.45, 2.75) is 6.18 Å². The van der Waals surface area contributed by atoms with Crippen molar-refractivity contribution in [3.8, 4) is 0 Å². The van der Waals surface area contributed by atoms with Gasteiger partial charge in [0.25, 0.3) is 0 Å². The van der Waals surface area contributed by atoms with E-state index in [4.69, 9.17) is 28.9 Å². The van der Waals surface area contributed by atoms with E-state index in [1.807, 2.05) is 0 Å². The molecule has 1 aromatic rings. The van der Waals surface area contributed by atoms with E-state index in [1.54, 1.807) is 0 Å². The molecule has 0 spiro atoms. The quantitative estimate of drug-likeness (QED) is 0.395. The van der Waals surface area contributed by atoms with E-state index >= 15 is 0 Å². The van der Waals surface area contributed by atoms with Crippen molar-refractivity contribution in [3.63, 3.8) is 0 Å². The van der Waals surface area contributed by atoms with Gasteiger partial charge in [0.2, 0.25) is 0 Å². The van der Waals surface area contributed by atoms with Gasteiger partial charge in [-0.3, -0.25) is 0 Å². The predicted molar refractivity (Wildman–Crippen MR) is 59.3 cm³/mol. The summed E-state index contributed by atoms with van der Waals surface area (Å²) in [5, 5.41) is 3.22. The zero-order valence-electron chi connectivity index (χ0n) is 8.46. The Bertz CT molecular complexity index is 503. The van der Waals surface area contributed by atoms with Gasteiger partial charge in [-0.25, -0.2) is 4.79 Å². The van der Waals surface area contributed by atoms with Crippen molar-refractivity contribution in [1.29, 1.82) is 0 Å². The number of nitrogens with two attached hydrogens (primary N) is 1. The third-order valence-corrected chi connectivity index (χ3v) is 2.21. The highest BCUT2D eigenvalue weighted by Crippen LogP contribution is 2.21. The Kier molecular flexibility index (Phi) is 4.42. The summed E-state index contributed by atoms with van der Waals surface area (Å²) >= 11 is 11.3. The second-order valence-corrected chi connectivity index (χ2v) is 3.82. The Hall–Kier alpha value is -1.47. The molecular formula is C9H5Cl2F3N2O2. The number of carbonyl (C=O) groups excluding carboxylic acids is 1. The monoisotopic (exact) mass is 300 g/mol. The van der Waals surface area contributed by atoms with Gasteiger partial charge >= 0.3 is 12.1 Å². The molecule has 0 bridgehead atoms. The van der Waals surface area contributed by atoms with Crippen LogP contribution in [0.4, 0.5) is 13.2 Å². The van der Waals surface area contributed by atoms with Crippen molar-refractivity contribution < 1.29 is 22.8 Å². The minimum absolute atomic E-state index is 0.0619. The predicted octanol–water partition coefficient (Wildman–Crippen LogP) is 2.72. The normalized spacial score (nSPS) is 12.4. The summed E-state index contributed by atoms with van der Waals surface area (Å²) in [5.41, 5.74) is 5.41. The largest absolute Gasteiger partial charge is 0.493 e. The Morgan fingerprint density at radius 3 is 2.44 bits per heavy atom. The highest BCUT2D eigenvalue weighted by Gasteiger charge is 2.41. The fourth-order valence-electron chi connectivity index (χ4n) is 0.889. The van der Waals surface area contributed by atoms with Crippen molar-refractivity contribution in [2.75, 3.05) is 0 Å². The van der Waals surface area contributed by atoms with Crippen LogP contribution in [-0.2, 0) is 9.63 Å². The van der Waals surface area contributed by atoms with E-state index in [2.05, 4.69) is 9.99 Å². The van der Waals surface area contributed by atoms with Crippen LogP contribution in [0.3, 0.4) is 0 Å². The molecule has 1 rings (SSSR count). The summed E-state index contributed by atoms with van der Waals surface area (Å²) in [6.45, 7) is 0. The van der Waals surface area contributed by atoms with Gasteiger partial charge < -0.3 is 10.6 Å². The molecule has 0 heterocycles. The van der Waals surface area contributed by atoms with Crippen LogP contribution < -0.4 is 5.73 Å². The minimum atomic E-state index is -5.15. The number of halogens is 5. The van der Waals surface area contributed by atoms with Crippen LogP contribution in [-0.4, -0.2) is 18.0 Å². The first-order chi connectivity index (χ1) is 8.21. The Balaban J connectivity index is 2.87. The maximum Gasteiger partial charge on any atom is 0.493 e. The number of amidine groups is 1. The van der Waals surface area contributed by atoms with Crippen LogP contribution in [0, 0.1) is 0 Å². The van der Waals surface area contributed by atoms with E-state index in [0.29, 0.717) is 5.02 Å². The average molecular weight is 301 g/mol. The minimum Gasteiger partial charge on any atom is -0.380 e. The third kappa shape index (κ3) is 3.78. The molecule has 0 aromatic heterocycles. The highest BCUT2D eigenvalue weighted by atomic mass is 35.5. The van der Waals surface area contributed by atoms with E-state index in [9.17, 15) is 18.0 Å². The van der Waals surface area contributed by atoms with Gasteiger partial charge in [0.05, 0.1) is 5.02 Å². The van der Waals surface area contributed by atoms with Gasteiger partial charge in [-0.15, -0.1) is 0 Å². The van der Waals surface area contributed by atoms with E-state index in [1.165, 1.54) is 18.2 Å². The number of hydrogen-bond donors (Lipinski definition) is 1. The fraction of sp³-hybridized carbons (Fsp3) is 0.111. The molecular weight excluding hydrogens is 296 g/mol. The number of oxime groups is 1. The van der Waals surface area contributed by atoms with Crippen molar-refractivity contribution >= 4 is 35.0 Å². The second kappa shape index (κ2) is 5.45. The summed E-state index contributed by atoms with van der Waals surface area (Å²) in [5.74, 6) is -2.95. The van der Waals surface area contributed by atoms with Gasteiger partial charge in [-0.2, -0.15) is 13.2 Å². The number of carbonyl (C=O) groups is 1. The maximum atomic E-state index is 11.8. The standard InChI is InChI=1S/C9H5Cl2F3N2O2/c10-4-1-2-5(6(11)3-4)7(15)16-18-8(17)9(12,13)14/h1-3H,(H2,15,16). The number of hydrogen-bond acceptors (Lipinski definition) is 3. The van der Waals surface area contributed by atoms with Crippen molar-refractivity contribution in [1.82, 2.24) is 0 Å². The Labute approximate surface area is 109 Å². The van der Waals surface area contributed by atoms with Gasteiger partial charge in [0, 0.05) is 10.6 Å². The number of rotatable bonds is 2. The van der Waals surface area contributed by atoms with Crippen LogP contribution >= 0.6 is 23.2 Å². The average Bonchev–Trinajstić information content (AvgIpc) is 2.24. The first-order valence-electron chi connectivity index (χ1n) is 4.29. The first kappa shape index (κ1) is 14.6. The smallest absolute Gasteiger partial charge is 0.380 e. The van der Waals surface area contributed by atoms with Crippen LogP contribution in [0.5, 0.6) is 0 Å². The molecule has 0 amide bonds. The summed E-state index contributed by atoms with van der Waals surface area (Å²) in [6.07, 6.45) is -5.15. The van der Waals surface area contributed by atoms with Gasteiger partial charge in [0.15, 0.2) is 5.84 Å². The molecule has 4 nitrogen and oxygen atoms in total. The van der Waals surface area contributed by atoms with Crippen molar-refractivity contribution in [3.05, 3.63) is 33.8 Å². The SMILES string of the molecule is N/C(=N\OC(=O)C(F)(F)F)c1ccc(Cl)cc1Cl. The number of benzene rings is 1. The van der Waals surface area contributed by atoms with Gasteiger partial charge in [-0.1, -0.05) is 28.4 Å². The molecule has 2 N–H and O–H groups in total. The molecule has 0 aliphatic rings. The zero-order chi connectivity index (χ0) is 13.9. The Morgan fingerprint density at radius 1 is 1.33 bits per heavy atom. The summed E-state index contributed by atoms with van der Waals surface area (Å²) < 4.78 is 35.4. The second-order valence-electron chi connectivity index (χ2n) is 2.98. The molecule has 0 saturated heterocycles.